The third kappa shape index (κ3) is 4.33. The summed E-state index contributed by atoms with van der Waals surface area (Å²) >= 11 is 0. The van der Waals surface area contributed by atoms with Crippen LogP contribution in [0.2, 0.25) is 0 Å². The lowest BCUT2D eigenvalue weighted by molar-refractivity contribution is -0.114. The van der Waals surface area contributed by atoms with Crippen molar-refractivity contribution in [1.82, 2.24) is 9.80 Å². The highest BCUT2D eigenvalue weighted by Crippen LogP contribution is 2.43. The zero-order chi connectivity index (χ0) is 19.6. The van der Waals surface area contributed by atoms with Crippen LogP contribution in [0.4, 0.5) is 5.69 Å². The molecule has 2 heterocycles. The number of carbonyl (C=O) groups excluding carboxylic acids is 2. The van der Waals surface area contributed by atoms with Gasteiger partial charge >= 0.3 is 0 Å². The van der Waals surface area contributed by atoms with Gasteiger partial charge in [-0.1, -0.05) is 19.9 Å². The summed E-state index contributed by atoms with van der Waals surface area (Å²) in [7, 11) is 0. The van der Waals surface area contributed by atoms with E-state index in [-0.39, 0.29) is 23.8 Å². The van der Waals surface area contributed by atoms with E-state index in [1.165, 1.54) is 6.92 Å². The van der Waals surface area contributed by atoms with Crippen LogP contribution in [-0.2, 0) is 4.79 Å². The highest BCUT2D eigenvalue weighted by molar-refractivity contribution is 5.97. The number of fused-ring (bicyclic) bond motifs is 1. The molecule has 0 unspecified atom stereocenters. The van der Waals surface area contributed by atoms with Gasteiger partial charge in [0.25, 0.3) is 5.91 Å². The Labute approximate surface area is 161 Å². The van der Waals surface area contributed by atoms with Crippen molar-refractivity contribution in [3.05, 3.63) is 29.8 Å². The SMILES string of the molecule is CC(=O)Nc1cccc(C(=O)N2C[C@@H]3CN(CC(C)C)CC[C@]3(CO)C2)c1. The van der Waals surface area contributed by atoms with Gasteiger partial charge in [-0.3, -0.25) is 9.59 Å². The van der Waals surface area contributed by atoms with Gasteiger partial charge in [0, 0.05) is 49.8 Å². The van der Waals surface area contributed by atoms with Crippen molar-refractivity contribution in [3.8, 4) is 0 Å². The fourth-order valence-corrected chi connectivity index (χ4v) is 4.56. The van der Waals surface area contributed by atoms with Crippen molar-refractivity contribution in [2.24, 2.45) is 17.3 Å². The van der Waals surface area contributed by atoms with E-state index in [1.807, 2.05) is 4.90 Å². The molecule has 2 amide bonds. The van der Waals surface area contributed by atoms with Gasteiger partial charge in [0.1, 0.15) is 0 Å². The molecule has 2 aliphatic rings. The number of likely N-dealkylation sites (tertiary alicyclic amines) is 2. The molecule has 0 saturated carbocycles. The van der Waals surface area contributed by atoms with E-state index in [9.17, 15) is 14.7 Å². The summed E-state index contributed by atoms with van der Waals surface area (Å²) in [5.41, 5.74) is 1.02. The number of aliphatic hydroxyl groups is 1. The lowest BCUT2D eigenvalue weighted by Crippen LogP contribution is -2.49. The first kappa shape index (κ1) is 19.8. The Kier molecular flexibility index (Phi) is 5.86. The summed E-state index contributed by atoms with van der Waals surface area (Å²) in [5, 5.41) is 12.9. The second-order valence-electron chi connectivity index (χ2n) is 8.57. The first-order valence-corrected chi connectivity index (χ1v) is 9.83. The predicted molar refractivity (Wildman–Crippen MR) is 106 cm³/mol. The molecule has 0 aromatic heterocycles. The Morgan fingerprint density at radius 1 is 1.33 bits per heavy atom. The minimum absolute atomic E-state index is 0.0279. The van der Waals surface area contributed by atoms with Gasteiger partial charge in [-0.15, -0.1) is 0 Å². The van der Waals surface area contributed by atoms with Crippen LogP contribution < -0.4 is 5.32 Å². The van der Waals surface area contributed by atoms with E-state index in [2.05, 4.69) is 24.1 Å². The summed E-state index contributed by atoms with van der Waals surface area (Å²) in [6.07, 6.45) is 0.927. The lowest BCUT2D eigenvalue weighted by atomic mass is 9.73. The minimum atomic E-state index is -0.182. The van der Waals surface area contributed by atoms with Gasteiger partial charge < -0.3 is 20.2 Å². The summed E-state index contributed by atoms with van der Waals surface area (Å²) in [5.74, 6) is 0.732. The minimum Gasteiger partial charge on any atom is -0.396 e. The highest BCUT2D eigenvalue weighted by atomic mass is 16.3. The molecule has 0 aliphatic carbocycles. The molecule has 6 heteroatoms. The van der Waals surface area contributed by atoms with Crippen molar-refractivity contribution < 1.29 is 14.7 Å². The quantitative estimate of drug-likeness (QED) is 0.829. The number of carbonyl (C=O) groups is 2. The number of nitrogens with zero attached hydrogens (tertiary/aromatic N) is 2. The Bertz CT molecular complexity index is 706. The molecular weight excluding hydrogens is 342 g/mol. The lowest BCUT2D eigenvalue weighted by Gasteiger charge is -2.42. The second-order valence-corrected chi connectivity index (χ2v) is 8.57. The number of anilines is 1. The van der Waals surface area contributed by atoms with Crippen molar-refractivity contribution in [3.63, 3.8) is 0 Å². The van der Waals surface area contributed by atoms with Gasteiger partial charge in [0.05, 0.1) is 6.61 Å². The zero-order valence-electron chi connectivity index (χ0n) is 16.6. The maximum atomic E-state index is 13.1. The third-order valence-electron chi connectivity index (χ3n) is 5.87. The number of aliphatic hydroxyl groups excluding tert-OH is 1. The molecule has 0 radical (unpaired) electrons. The molecule has 2 fully saturated rings. The molecule has 0 spiro atoms. The maximum absolute atomic E-state index is 13.1. The molecule has 2 atom stereocenters. The second kappa shape index (κ2) is 7.98. The monoisotopic (exact) mass is 373 g/mol. The van der Waals surface area contributed by atoms with E-state index < -0.39 is 0 Å². The van der Waals surface area contributed by atoms with E-state index in [1.54, 1.807) is 24.3 Å². The van der Waals surface area contributed by atoms with Gasteiger partial charge in [-0.2, -0.15) is 0 Å². The fraction of sp³-hybridized carbons (Fsp3) is 0.619. The third-order valence-corrected chi connectivity index (χ3v) is 5.87. The predicted octanol–water partition coefficient (Wildman–Crippen LogP) is 2.06. The molecule has 148 valence electrons. The van der Waals surface area contributed by atoms with Crippen LogP contribution in [0.25, 0.3) is 0 Å². The first-order valence-electron chi connectivity index (χ1n) is 9.83. The van der Waals surface area contributed by atoms with Crippen LogP contribution in [0, 0.1) is 17.3 Å². The van der Waals surface area contributed by atoms with Crippen LogP contribution in [0.15, 0.2) is 24.3 Å². The smallest absolute Gasteiger partial charge is 0.253 e. The fourth-order valence-electron chi connectivity index (χ4n) is 4.56. The number of benzene rings is 1. The number of hydrogen-bond acceptors (Lipinski definition) is 4. The van der Waals surface area contributed by atoms with E-state index in [0.29, 0.717) is 36.2 Å². The van der Waals surface area contributed by atoms with E-state index in [0.717, 1.165) is 26.1 Å². The highest BCUT2D eigenvalue weighted by Gasteiger charge is 2.50. The average Bonchev–Trinajstić information content (AvgIpc) is 2.99. The largest absolute Gasteiger partial charge is 0.396 e. The number of piperidine rings is 1. The molecule has 3 rings (SSSR count). The van der Waals surface area contributed by atoms with Crippen molar-refractivity contribution >= 4 is 17.5 Å². The van der Waals surface area contributed by atoms with Crippen LogP contribution in [0.1, 0.15) is 37.6 Å². The Morgan fingerprint density at radius 3 is 2.78 bits per heavy atom. The topological polar surface area (TPSA) is 72.9 Å². The normalized spacial score (nSPS) is 25.5. The van der Waals surface area contributed by atoms with Crippen LogP contribution in [0.3, 0.4) is 0 Å². The number of amides is 2. The Hall–Kier alpha value is -1.92. The van der Waals surface area contributed by atoms with Gasteiger partial charge in [0.15, 0.2) is 0 Å². The molecule has 27 heavy (non-hydrogen) atoms. The van der Waals surface area contributed by atoms with Crippen LogP contribution in [-0.4, -0.2) is 66.1 Å². The number of nitrogens with one attached hydrogen (secondary N) is 1. The van der Waals surface area contributed by atoms with Crippen molar-refractivity contribution in [1.29, 1.82) is 0 Å². The van der Waals surface area contributed by atoms with Crippen molar-refractivity contribution in [2.75, 3.05) is 44.6 Å². The van der Waals surface area contributed by atoms with Gasteiger partial charge in [-0.25, -0.2) is 0 Å². The van der Waals surface area contributed by atoms with Crippen LogP contribution in [0.5, 0.6) is 0 Å². The molecule has 1 aromatic carbocycles. The first-order chi connectivity index (χ1) is 12.8. The molecule has 0 bridgehead atoms. The molecule has 1 aromatic rings. The zero-order valence-corrected chi connectivity index (χ0v) is 16.6. The number of rotatable bonds is 5. The molecule has 2 N–H and O–H groups in total. The molecule has 6 nitrogen and oxygen atoms in total. The Balaban J connectivity index is 1.73. The summed E-state index contributed by atoms with van der Waals surface area (Å²) < 4.78 is 0. The average molecular weight is 373 g/mol. The van der Waals surface area contributed by atoms with Gasteiger partial charge in [0.2, 0.25) is 5.91 Å². The molecule has 2 aliphatic heterocycles. The summed E-state index contributed by atoms with van der Waals surface area (Å²) in [6.45, 7) is 10.3. The summed E-state index contributed by atoms with van der Waals surface area (Å²) in [6, 6.07) is 7.07. The standard InChI is InChI=1S/C21H31N3O3/c1-15(2)10-23-8-7-21(14-25)13-24(12-18(21)11-23)20(27)17-5-4-6-19(9-17)22-16(3)26/h4-6,9,15,18,25H,7-8,10-14H2,1-3H3,(H,22,26)/t18-,21+/m0/s1. The maximum Gasteiger partial charge on any atom is 0.253 e. The van der Waals surface area contributed by atoms with Crippen molar-refractivity contribution in [2.45, 2.75) is 27.2 Å². The molecule has 2 saturated heterocycles. The van der Waals surface area contributed by atoms with E-state index in [4.69, 9.17) is 0 Å². The summed E-state index contributed by atoms with van der Waals surface area (Å²) in [4.78, 5) is 28.7. The van der Waals surface area contributed by atoms with Gasteiger partial charge in [-0.05, 0) is 43.0 Å². The van der Waals surface area contributed by atoms with E-state index >= 15 is 0 Å². The van der Waals surface area contributed by atoms with Crippen LogP contribution >= 0.6 is 0 Å². The Morgan fingerprint density at radius 2 is 2.11 bits per heavy atom. The number of hydrogen-bond donors (Lipinski definition) is 2. The molecular formula is C21H31N3O3.